The molecule has 1 heterocycles. The van der Waals surface area contributed by atoms with Crippen molar-refractivity contribution in [2.75, 3.05) is 7.05 Å². The van der Waals surface area contributed by atoms with E-state index in [0.29, 0.717) is 22.8 Å². The third-order valence-electron chi connectivity index (χ3n) is 3.18. The Hall–Kier alpha value is -2.58. The molecule has 2 aromatic rings. The summed E-state index contributed by atoms with van der Waals surface area (Å²) in [5.41, 5.74) is 1.36. The van der Waals surface area contributed by atoms with Crippen LogP contribution in [0.4, 0.5) is 18.0 Å². The first-order chi connectivity index (χ1) is 11.2. The van der Waals surface area contributed by atoms with E-state index in [2.05, 4.69) is 14.9 Å². The second kappa shape index (κ2) is 6.90. The van der Waals surface area contributed by atoms with Gasteiger partial charge in [0.2, 0.25) is 11.7 Å². The highest BCUT2D eigenvalue weighted by Crippen LogP contribution is 2.23. The normalized spacial score (nSPS) is 12.8. The van der Waals surface area contributed by atoms with Crippen LogP contribution in [0, 0.1) is 6.92 Å². The van der Waals surface area contributed by atoms with Crippen molar-refractivity contribution in [3.8, 4) is 11.4 Å². The molecule has 24 heavy (non-hydrogen) atoms. The minimum atomic E-state index is -4.59. The van der Waals surface area contributed by atoms with E-state index in [0.717, 1.165) is 11.8 Å². The van der Waals surface area contributed by atoms with Gasteiger partial charge < -0.3 is 14.2 Å². The second-order valence-corrected chi connectivity index (χ2v) is 5.26. The average Bonchev–Trinajstić information content (AvgIpc) is 2.93. The zero-order valence-electron chi connectivity index (χ0n) is 13.3. The maximum Gasteiger partial charge on any atom is 0.425 e. The Kier molecular flexibility index (Phi) is 5.10. The zero-order chi connectivity index (χ0) is 17.9. The fourth-order valence-corrected chi connectivity index (χ4v) is 1.87. The van der Waals surface area contributed by atoms with Gasteiger partial charge in [0.1, 0.15) is 0 Å². The van der Waals surface area contributed by atoms with Crippen molar-refractivity contribution in [2.45, 2.75) is 32.7 Å². The summed E-state index contributed by atoms with van der Waals surface area (Å²) in [4.78, 5) is 16.9. The maximum absolute atomic E-state index is 12.4. The van der Waals surface area contributed by atoms with E-state index in [4.69, 9.17) is 4.52 Å². The lowest BCUT2D eigenvalue weighted by atomic mass is 10.1. The number of carbonyl (C=O) groups is 1. The molecule has 0 spiro atoms. The van der Waals surface area contributed by atoms with Crippen LogP contribution >= 0.6 is 0 Å². The molecule has 0 bridgehead atoms. The van der Waals surface area contributed by atoms with E-state index in [1.165, 1.54) is 7.05 Å². The molecule has 1 aromatic heterocycles. The van der Waals surface area contributed by atoms with Crippen LogP contribution in [-0.2, 0) is 11.3 Å². The highest BCUT2D eigenvalue weighted by atomic mass is 19.4. The number of amides is 1. The van der Waals surface area contributed by atoms with Crippen LogP contribution in [0.25, 0.3) is 11.4 Å². The minimum Gasteiger partial charge on any atom is -0.437 e. The molecule has 2 rings (SSSR count). The number of halogens is 3. The Balaban J connectivity index is 2.04. The van der Waals surface area contributed by atoms with Crippen molar-refractivity contribution < 1.29 is 27.2 Å². The summed E-state index contributed by atoms with van der Waals surface area (Å²) >= 11 is 0. The standard InChI is InChI=1S/C15H16F3N3O3/c1-9(15(16,17)18)23-14(22)21(3)8-11-5-4-6-12(7-11)13-19-10(2)24-20-13/h4-7,9H,8H2,1-3H3. The molecule has 0 saturated carbocycles. The summed E-state index contributed by atoms with van der Waals surface area (Å²) in [5.74, 6) is 0.808. The Morgan fingerprint density at radius 1 is 1.42 bits per heavy atom. The van der Waals surface area contributed by atoms with E-state index >= 15 is 0 Å². The Labute approximate surface area is 136 Å². The summed E-state index contributed by atoms with van der Waals surface area (Å²) in [6.07, 6.45) is -7.81. The lowest BCUT2D eigenvalue weighted by molar-refractivity contribution is -0.199. The molecule has 6 nitrogen and oxygen atoms in total. The van der Waals surface area contributed by atoms with Crippen molar-refractivity contribution in [1.29, 1.82) is 0 Å². The molecule has 0 aliphatic carbocycles. The van der Waals surface area contributed by atoms with Crippen molar-refractivity contribution in [3.05, 3.63) is 35.7 Å². The van der Waals surface area contributed by atoms with Gasteiger partial charge in [-0.3, -0.25) is 0 Å². The lowest BCUT2D eigenvalue weighted by Crippen LogP contribution is -2.36. The molecule has 1 amide bonds. The number of benzene rings is 1. The van der Waals surface area contributed by atoms with Crippen molar-refractivity contribution in [3.63, 3.8) is 0 Å². The summed E-state index contributed by atoms with van der Waals surface area (Å²) in [6.45, 7) is 2.52. The van der Waals surface area contributed by atoms with Crippen molar-refractivity contribution in [1.82, 2.24) is 15.0 Å². The zero-order valence-corrected chi connectivity index (χ0v) is 13.3. The fourth-order valence-electron chi connectivity index (χ4n) is 1.87. The predicted octanol–water partition coefficient (Wildman–Crippen LogP) is 3.56. The van der Waals surface area contributed by atoms with E-state index in [9.17, 15) is 18.0 Å². The third-order valence-corrected chi connectivity index (χ3v) is 3.18. The Morgan fingerprint density at radius 3 is 2.71 bits per heavy atom. The molecule has 0 aliphatic rings. The molecule has 0 N–H and O–H groups in total. The molecule has 1 unspecified atom stereocenters. The molecular weight excluding hydrogens is 327 g/mol. The highest BCUT2D eigenvalue weighted by molar-refractivity contribution is 5.67. The van der Waals surface area contributed by atoms with Gasteiger partial charge in [0.15, 0.2) is 6.10 Å². The largest absolute Gasteiger partial charge is 0.437 e. The number of aromatic nitrogens is 2. The first-order valence-corrected chi connectivity index (χ1v) is 7.05. The summed E-state index contributed by atoms with van der Waals surface area (Å²) in [6, 6.07) is 6.94. The number of aryl methyl sites for hydroxylation is 1. The van der Waals surface area contributed by atoms with E-state index in [1.54, 1.807) is 31.2 Å². The number of hydrogen-bond donors (Lipinski definition) is 0. The molecule has 1 aromatic carbocycles. The van der Waals surface area contributed by atoms with Gasteiger partial charge in [0.05, 0.1) is 0 Å². The first-order valence-electron chi connectivity index (χ1n) is 7.05. The molecule has 0 radical (unpaired) electrons. The van der Waals surface area contributed by atoms with Gasteiger partial charge in [-0.05, 0) is 18.6 Å². The number of ether oxygens (including phenoxy) is 1. The molecule has 0 aliphatic heterocycles. The highest BCUT2D eigenvalue weighted by Gasteiger charge is 2.39. The quantitative estimate of drug-likeness (QED) is 0.849. The van der Waals surface area contributed by atoms with Crippen LogP contribution in [0.1, 0.15) is 18.4 Å². The molecule has 0 saturated heterocycles. The smallest absolute Gasteiger partial charge is 0.425 e. The first kappa shape index (κ1) is 17.8. The van der Waals surface area contributed by atoms with E-state index < -0.39 is 18.4 Å². The van der Waals surface area contributed by atoms with Crippen LogP contribution in [0.3, 0.4) is 0 Å². The topological polar surface area (TPSA) is 68.5 Å². The molecule has 130 valence electrons. The molecular formula is C15H16F3N3O3. The Morgan fingerprint density at radius 2 is 2.12 bits per heavy atom. The number of alkyl halides is 3. The number of nitrogens with zero attached hydrogens (tertiary/aromatic N) is 3. The summed E-state index contributed by atoms with van der Waals surface area (Å²) in [7, 11) is 1.36. The second-order valence-electron chi connectivity index (χ2n) is 5.26. The maximum atomic E-state index is 12.4. The Bertz CT molecular complexity index is 715. The van der Waals surface area contributed by atoms with Crippen LogP contribution in [0.15, 0.2) is 28.8 Å². The molecule has 1 atom stereocenters. The predicted molar refractivity (Wildman–Crippen MR) is 77.9 cm³/mol. The van der Waals surface area contributed by atoms with Crippen LogP contribution in [0.5, 0.6) is 0 Å². The van der Waals surface area contributed by atoms with Gasteiger partial charge in [-0.2, -0.15) is 18.2 Å². The van der Waals surface area contributed by atoms with E-state index in [-0.39, 0.29) is 6.54 Å². The number of carbonyl (C=O) groups excluding carboxylic acids is 1. The van der Waals surface area contributed by atoms with Gasteiger partial charge in [0.25, 0.3) is 0 Å². The number of hydrogen-bond acceptors (Lipinski definition) is 5. The van der Waals surface area contributed by atoms with E-state index in [1.807, 2.05) is 0 Å². The van der Waals surface area contributed by atoms with Gasteiger partial charge in [-0.25, -0.2) is 4.79 Å². The van der Waals surface area contributed by atoms with Crippen molar-refractivity contribution >= 4 is 6.09 Å². The summed E-state index contributed by atoms with van der Waals surface area (Å²) < 4.78 is 46.6. The van der Waals surface area contributed by atoms with Crippen molar-refractivity contribution in [2.24, 2.45) is 0 Å². The molecule has 0 fully saturated rings. The van der Waals surface area contributed by atoms with Crippen LogP contribution < -0.4 is 0 Å². The molecule has 9 heteroatoms. The van der Waals surface area contributed by atoms with Gasteiger partial charge >= 0.3 is 12.3 Å². The van der Waals surface area contributed by atoms with Gasteiger partial charge in [0, 0.05) is 26.1 Å². The average molecular weight is 343 g/mol. The SMILES string of the molecule is Cc1nc(-c2cccc(CN(C)C(=O)OC(C)C(F)(F)F)c2)no1. The minimum absolute atomic E-state index is 0.0775. The number of rotatable bonds is 4. The summed E-state index contributed by atoms with van der Waals surface area (Å²) in [5, 5.41) is 3.79. The third kappa shape index (κ3) is 4.46. The van der Waals surface area contributed by atoms with Crippen LogP contribution in [-0.4, -0.2) is 40.5 Å². The van der Waals surface area contributed by atoms with Gasteiger partial charge in [-0.1, -0.05) is 23.4 Å². The monoisotopic (exact) mass is 343 g/mol. The van der Waals surface area contributed by atoms with Crippen LogP contribution in [0.2, 0.25) is 0 Å². The fraction of sp³-hybridized carbons (Fsp3) is 0.400. The lowest BCUT2D eigenvalue weighted by Gasteiger charge is -2.22. The van der Waals surface area contributed by atoms with Gasteiger partial charge in [-0.15, -0.1) is 0 Å².